The lowest BCUT2D eigenvalue weighted by Crippen LogP contribution is -2.32. The van der Waals surface area contributed by atoms with Gasteiger partial charge in [0, 0.05) is 34.7 Å². The average Bonchev–Trinajstić information content (AvgIpc) is 3.57. The molecule has 1 saturated heterocycles. The summed E-state index contributed by atoms with van der Waals surface area (Å²) in [5.41, 5.74) is 2.52. The summed E-state index contributed by atoms with van der Waals surface area (Å²) in [7, 11) is 0. The van der Waals surface area contributed by atoms with E-state index in [1.807, 2.05) is 0 Å². The summed E-state index contributed by atoms with van der Waals surface area (Å²) in [6.45, 7) is 1.22. The monoisotopic (exact) mass is 471 g/mol. The van der Waals surface area contributed by atoms with Crippen molar-refractivity contribution in [2.45, 2.75) is 38.2 Å². The van der Waals surface area contributed by atoms with Crippen LogP contribution in [0.25, 0.3) is 11.3 Å². The molecule has 1 aromatic carbocycles. The van der Waals surface area contributed by atoms with E-state index in [0.717, 1.165) is 54.7 Å². The molecule has 2 N–H and O–H groups in total. The maximum atomic E-state index is 13.0. The van der Waals surface area contributed by atoms with Gasteiger partial charge in [0.15, 0.2) is 11.5 Å². The van der Waals surface area contributed by atoms with E-state index in [2.05, 4.69) is 15.8 Å². The van der Waals surface area contributed by atoms with E-state index in [1.165, 1.54) is 11.3 Å². The molecule has 1 aliphatic heterocycles. The molecular formula is C23H22ClN3O4S. The summed E-state index contributed by atoms with van der Waals surface area (Å²) in [6.07, 6.45) is 4.82. The lowest BCUT2D eigenvalue weighted by Gasteiger charge is -2.12. The highest BCUT2D eigenvalue weighted by Gasteiger charge is 2.29. The molecule has 2 aliphatic rings. The van der Waals surface area contributed by atoms with Gasteiger partial charge in [-0.25, -0.2) is 0 Å². The van der Waals surface area contributed by atoms with Crippen LogP contribution in [0.5, 0.6) is 0 Å². The van der Waals surface area contributed by atoms with Gasteiger partial charge in [0.1, 0.15) is 5.00 Å². The number of halogens is 1. The number of thiophene rings is 1. The number of rotatable bonds is 6. The Hall–Kier alpha value is -2.68. The Morgan fingerprint density at radius 1 is 1.16 bits per heavy atom. The number of aromatic nitrogens is 1. The van der Waals surface area contributed by atoms with Gasteiger partial charge in [0.05, 0.1) is 11.7 Å². The van der Waals surface area contributed by atoms with Crippen LogP contribution in [0, 0.1) is 0 Å². The van der Waals surface area contributed by atoms with Crippen LogP contribution in [0.2, 0.25) is 5.02 Å². The number of nitrogens with zero attached hydrogens (tertiary/aromatic N) is 1. The van der Waals surface area contributed by atoms with E-state index in [4.69, 9.17) is 20.9 Å². The zero-order chi connectivity index (χ0) is 22.1. The minimum absolute atomic E-state index is 0.0603. The van der Waals surface area contributed by atoms with Crippen LogP contribution in [-0.2, 0) is 17.6 Å². The number of hydrogen-bond acceptors (Lipinski definition) is 6. The Morgan fingerprint density at radius 2 is 2.00 bits per heavy atom. The van der Waals surface area contributed by atoms with Crippen LogP contribution in [0.1, 0.15) is 50.5 Å². The molecule has 166 valence electrons. The van der Waals surface area contributed by atoms with Crippen molar-refractivity contribution in [3.63, 3.8) is 0 Å². The largest absolute Gasteiger partial charge is 0.376 e. The zero-order valence-corrected chi connectivity index (χ0v) is 18.9. The average molecular weight is 472 g/mol. The highest BCUT2D eigenvalue weighted by Crippen LogP contribution is 2.39. The highest BCUT2D eigenvalue weighted by atomic mass is 35.5. The Labute approximate surface area is 194 Å². The predicted octanol–water partition coefficient (Wildman–Crippen LogP) is 4.71. The fourth-order valence-electron chi connectivity index (χ4n) is 4.13. The van der Waals surface area contributed by atoms with Crippen LogP contribution >= 0.6 is 22.9 Å². The molecule has 7 nitrogen and oxygen atoms in total. The van der Waals surface area contributed by atoms with Gasteiger partial charge in [-0.1, -0.05) is 16.8 Å². The van der Waals surface area contributed by atoms with Crippen molar-refractivity contribution in [2.24, 2.45) is 0 Å². The molecule has 3 heterocycles. The molecule has 1 aliphatic carbocycles. The number of carbonyl (C=O) groups is 2. The molecule has 2 amide bonds. The molecule has 3 aromatic rings. The fraction of sp³-hybridized carbons (Fsp3) is 0.348. The molecule has 2 aromatic heterocycles. The Kier molecular flexibility index (Phi) is 5.99. The zero-order valence-electron chi connectivity index (χ0n) is 17.3. The van der Waals surface area contributed by atoms with E-state index in [1.54, 1.807) is 30.3 Å². The summed E-state index contributed by atoms with van der Waals surface area (Å²) in [4.78, 5) is 27.1. The first-order valence-corrected chi connectivity index (χ1v) is 11.9. The maximum absolute atomic E-state index is 13.0. The van der Waals surface area contributed by atoms with E-state index in [9.17, 15) is 9.59 Å². The SMILES string of the molecule is O=C(Nc1sc2c(c1C(=O)NC[C@H]1CCCO1)CCC2)c1cc(-c2ccc(Cl)cc2)on1. The topological polar surface area (TPSA) is 93.5 Å². The molecular weight excluding hydrogens is 450 g/mol. The number of benzene rings is 1. The van der Waals surface area contributed by atoms with Gasteiger partial charge in [-0.3, -0.25) is 9.59 Å². The molecule has 32 heavy (non-hydrogen) atoms. The van der Waals surface area contributed by atoms with Crippen LogP contribution in [0.4, 0.5) is 5.00 Å². The molecule has 1 atom stereocenters. The Morgan fingerprint density at radius 3 is 2.78 bits per heavy atom. The summed E-state index contributed by atoms with van der Waals surface area (Å²) in [6, 6.07) is 8.66. The molecule has 0 unspecified atom stereocenters. The number of anilines is 1. The number of fused-ring (bicyclic) bond motifs is 1. The molecule has 0 spiro atoms. The van der Waals surface area contributed by atoms with Crippen molar-refractivity contribution < 1.29 is 18.8 Å². The normalized spacial score (nSPS) is 17.3. The van der Waals surface area contributed by atoms with Gasteiger partial charge < -0.3 is 19.9 Å². The quantitative estimate of drug-likeness (QED) is 0.543. The van der Waals surface area contributed by atoms with Gasteiger partial charge in [-0.2, -0.15) is 0 Å². The number of aryl methyl sites for hydroxylation is 1. The number of nitrogens with one attached hydrogen (secondary N) is 2. The van der Waals surface area contributed by atoms with Crippen LogP contribution in [0.15, 0.2) is 34.9 Å². The van der Waals surface area contributed by atoms with Crippen molar-refractivity contribution in [2.75, 3.05) is 18.5 Å². The van der Waals surface area contributed by atoms with Crippen LogP contribution in [-0.4, -0.2) is 36.2 Å². The molecule has 0 saturated carbocycles. The first kappa shape index (κ1) is 21.2. The molecule has 5 rings (SSSR count). The first-order chi connectivity index (χ1) is 15.6. The van der Waals surface area contributed by atoms with Crippen LogP contribution in [0.3, 0.4) is 0 Å². The van der Waals surface area contributed by atoms with Gasteiger partial charge in [-0.15, -0.1) is 11.3 Å². The molecule has 0 radical (unpaired) electrons. The number of carbonyl (C=O) groups excluding carboxylic acids is 2. The first-order valence-electron chi connectivity index (χ1n) is 10.7. The summed E-state index contributed by atoms with van der Waals surface area (Å²) in [5.74, 6) is -0.116. The predicted molar refractivity (Wildman–Crippen MR) is 123 cm³/mol. The second kappa shape index (κ2) is 9.05. The third-order valence-corrected chi connectivity index (χ3v) is 7.22. The van der Waals surface area contributed by atoms with Gasteiger partial charge in [0.25, 0.3) is 11.8 Å². The standard InChI is InChI=1S/C23H22ClN3O4S/c24-14-8-6-13(7-9-14)18-11-17(27-31-18)21(28)26-23-20(16-4-1-5-19(16)32-23)22(29)25-12-15-3-2-10-30-15/h6-9,11,15H,1-5,10,12H2,(H,25,29)(H,26,28)/t15-/m1/s1. The van der Waals surface area contributed by atoms with E-state index >= 15 is 0 Å². The van der Waals surface area contributed by atoms with Crippen LogP contribution < -0.4 is 10.6 Å². The summed E-state index contributed by atoms with van der Waals surface area (Å²) < 4.78 is 10.9. The molecule has 9 heteroatoms. The number of amides is 2. The van der Waals surface area contributed by atoms with Gasteiger partial charge in [0.2, 0.25) is 0 Å². The summed E-state index contributed by atoms with van der Waals surface area (Å²) in [5, 5.41) is 10.9. The number of hydrogen-bond donors (Lipinski definition) is 2. The van der Waals surface area contributed by atoms with E-state index in [0.29, 0.717) is 27.9 Å². The third-order valence-electron chi connectivity index (χ3n) is 5.76. The molecule has 0 bridgehead atoms. The van der Waals surface area contributed by atoms with Crippen molar-refractivity contribution in [1.82, 2.24) is 10.5 Å². The number of ether oxygens (including phenoxy) is 1. The highest BCUT2D eigenvalue weighted by molar-refractivity contribution is 7.17. The lowest BCUT2D eigenvalue weighted by molar-refractivity contribution is 0.0858. The lowest BCUT2D eigenvalue weighted by atomic mass is 10.1. The van der Waals surface area contributed by atoms with Gasteiger partial charge >= 0.3 is 0 Å². The second-order valence-corrected chi connectivity index (χ2v) is 9.49. The van der Waals surface area contributed by atoms with E-state index in [-0.39, 0.29) is 17.7 Å². The minimum atomic E-state index is -0.415. The molecule has 1 fully saturated rings. The van der Waals surface area contributed by atoms with Crippen molar-refractivity contribution in [1.29, 1.82) is 0 Å². The Balaban J connectivity index is 1.33. The smallest absolute Gasteiger partial charge is 0.278 e. The van der Waals surface area contributed by atoms with Crippen molar-refractivity contribution in [3.8, 4) is 11.3 Å². The Bertz CT molecular complexity index is 1150. The van der Waals surface area contributed by atoms with E-state index < -0.39 is 5.91 Å². The van der Waals surface area contributed by atoms with Gasteiger partial charge in [-0.05, 0) is 61.9 Å². The summed E-state index contributed by atoms with van der Waals surface area (Å²) >= 11 is 7.39. The minimum Gasteiger partial charge on any atom is -0.376 e. The third kappa shape index (κ3) is 4.30. The van der Waals surface area contributed by atoms with Crippen molar-refractivity contribution >= 4 is 39.8 Å². The van der Waals surface area contributed by atoms with Crippen molar-refractivity contribution in [3.05, 3.63) is 57.1 Å². The second-order valence-electron chi connectivity index (χ2n) is 7.94. The fourth-order valence-corrected chi connectivity index (χ4v) is 5.54. The maximum Gasteiger partial charge on any atom is 0.278 e.